The normalized spacial score (nSPS) is 11.6. The Morgan fingerprint density at radius 2 is 2.05 bits per heavy atom. The number of fused-ring (bicyclic) bond motifs is 1. The first-order valence-corrected chi connectivity index (χ1v) is 5.45. The Kier molecular flexibility index (Phi) is 3.43. The zero-order valence-electron chi connectivity index (χ0n) is 10.1. The standard InChI is InChI=1S/C11H8F3N3O3/c1-2-20-10(19)7-8(18)5-3-4-6(11(12,13)14)15-9(5)17-16-7/h3-4H,2H2,1H3,(H,15,17,18). The molecule has 9 heteroatoms. The SMILES string of the molecule is CCOC(=O)c1nnc2nc(C(F)(F)F)ccc2c1O. The average molecular weight is 287 g/mol. The minimum atomic E-state index is -4.63. The van der Waals surface area contributed by atoms with E-state index in [-0.39, 0.29) is 12.0 Å². The van der Waals surface area contributed by atoms with Crippen LogP contribution in [-0.4, -0.2) is 32.9 Å². The van der Waals surface area contributed by atoms with Gasteiger partial charge in [0.1, 0.15) is 5.69 Å². The van der Waals surface area contributed by atoms with Crippen LogP contribution in [0, 0.1) is 0 Å². The van der Waals surface area contributed by atoms with Gasteiger partial charge >= 0.3 is 12.1 Å². The summed E-state index contributed by atoms with van der Waals surface area (Å²) >= 11 is 0. The number of ether oxygens (including phenoxy) is 1. The molecule has 0 aliphatic rings. The summed E-state index contributed by atoms with van der Waals surface area (Å²) in [7, 11) is 0. The second kappa shape index (κ2) is 4.91. The molecule has 2 rings (SSSR count). The molecule has 0 aromatic carbocycles. The fourth-order valence-corrected chi connectivity index (χ4v) is 1.48. The number of carbonyl (C=O) groups is 1. The fourth-order valence-electron chi connectivity index (χ4n) is 1.48. The highest BCUT2D eigenvalue weighted by molar-refractivity contribution is 5.96. The summed E-state index contributed by atoms with van der Waals surface area (Å²) in [6.45, 7) is 1.61. The molecule has 0 saturated carbocycles. The highest BCUT2D eigenvalue weighted by Gasteiger charge is 2.33. The highest BCUT2D eigenvalue weighted by Crippen LogP contribution is 2.31. The molecule has 0 radical (unpaired) electrons. The lowest BCUT2D eigenvalue weighted by Crippen LogP contribution is -2.11. The van der Waals surface area contributed by atoms with E-state index in [0.29, 0.717) is 6.07 Å². The first-order chi connectivity index (χ1) is 9.34. The molecule has 2 aromatic rings. The van der Waals surface area contributed by atoms with Crippen molar-refractivity contribution < 1.29 is 27.8 Å². The smallest absolute Gasteiger partial charge is 0.433 e. The molecule has 6 nitrogen and oxygen atoms in total. The lowest BCUT2D eigenvalue weighted by atomic mass is 10.2. The van der Waals surface area contributed by atoms with Crippen LogP contribution < -0.4 is 0 Å². The number of hydrogen-bond acceptors (Lipinski definition) is 6. The number of rotatable bonds is 2. The van der Waals surface area contributed by atoms with Gasteiger partial charge in [-0.15, -0.1) is 10.2 Å². The van der Waals surface area contributed by atoms with Crippen molar-refractivity contribution in [1.29, 1.82) is 0 Å². The predicted octanol–water partition coefficient (Wildman–Crippen LogP) is 1.93. The number of nitrogens with zero attached hydrogens (tertiary/aromatic N) is 3. The molecule has 2 heterocycles. The van der Waals surface area contributed by atoms with Crippen molar-refractivity contribution in [2.45, 2.75) is 13.1 Å². The molecule has 0 saturated heterocycles. The Morgan fingerprint density at radius 3 is 2.65 bits per heavy atom. The molecule has 1 N–H and O–H groups in total. The Hall–Kier alpha value is -2.45. The average Bonchev–Trinajstić information content (AvgIpc) is 2.38. The summed E-state index contributed by atoms with van der Waals surface area (Å²) in [6, 6.07) is 1.65. The maximum atomic E-state index is 12.5. The van der Waals surface area contributed by atoms with E-state index in [4.69, 9.17) is 0 Å². The van der Waals surface area contributed by atoms with Gasteiger partial charge < -0.3 is 9.84 Å². The molecular formula is C11H8F3N3O3. The minimum absolute atomic E-state index is 0.0588. The van der Waals surface area contributed by atoms with Crippen molar-refractivity contribution in [3.8, 4) is 5.75 Å². The third kappa shape index (κ3) is 2.46. The van der Waals surface area contributed by atoms with E-state index in [1.807, 2.05) is 0 Å². The number of pyridine rings is 1. The van der Waals surface area contributed by atoms with Gasteiger partial charge in [-0.1, -0.05) is 0 Å². The first-order valence-electron chi connectivity index (χ1n) is 5.45. The summed E-state index contributed by atoms with van der Waals surface area (Å²) < 4.78 is 42.1. The molecule has 0 spiro atoms. The molecule has 0 aliphatic heterocycles. The second-order valence-electron chi connectivity index (χ2n) is 3.68. The molecular weight excluding hydrogens is 279 g/mol. The summed E-state index contributed by atoms with van der Waals surface area (Å²) in [5, 5.41) is 16.4. The van der Waals surface area contributed by atoms with E-state index in [2.05, 4.69) is 19.9 Å². The Labute approximate surface area is 110 Å². The van der Waals surface area contributed by atoms with Gasteiger partial charge in [-0.2, -0.15) is 13.2 Å². The number of aromatic nitrogens is 3. The van der Waals surface area contributed by atoms with Crippen molar-refractivity contribution >= 4 is 17.0 Å². The third-order valence-electron chi connectivity index (χ3n) is 2.36. The van der Waals surface area contributed by atoms with Crippen LogP contribution in [0.3, 0.4) is 0 Å². The van der Waals surface area contributed by atoms with Crippen LogP contribution in [0.4, 0.5) is 13.2 Å². The van der Waals surface area contributed by atoms with Crippen molar-refractivity contribution in [3.63, 3.8) is 0 Å². The van der Waals surface area contributed by atoms with Gasteiger partial charge in [0.2, 0.25) is 5.69 Å². The summed E-state index contributed by atoms with van der Waals surface area (Å²) in [4.78, 5) is 14.7. The first kappa shape index (κ1) is 14.0. The molecule has 0 bridgehead atoms. The van der Waals surface area contributed by atoms with Gasteiger partial charge in [-0.3, -0.25) is 0 Å². The van der Waals surface area contributed by atoms with Crippen LogP contribution in [0.15, 0.2) is 12.1 Å². The molecule has 106 valence electrons. The maximum absolute atomic E-state index is 12.5. The minimum Gasteiger partial charge on any atom is -0.505 e. The molecule has 20 heavy (non-hydrogen) atoms. The number of aromatic hydroxyl groups is 1. The van der Waals surface area contributed by atoms with Crippen LogP contribution >= 0.6 is 0 Å². The van der Waals surface area contributed by atoms with Crippen LogP contribution in [0.1, 0.15) is 23.1 Å². The van der Waals surface area contributed by atoms with E-state index < -0.39 is 34.9 Å². The monoisotopic (exact) mass is 287 g/mol. The maximum Gasteiger partial charge on any atom is 0.433 e. The zero-order chi connectivity index (χ0) is 14.9. The van der Waals surface area contributed by atoms with E-state index in [0.717, 1.165) is 6.07 Å². The Bertz CT molecular complexity index is 673. The van der Waals surface area contributed by atoms with Crippen LogP contribution in [-0.2, 0) is 10.9 Å². The molecule has 0 amide bonds. The largest absolute Gasteiger partial charge is 0.505 e. The number of carbonyl (C=O) groups excluding carboxylic acids is 1. The zero-order valence-corrected chi connectivity index (χ0v) is 10.1. The van der Waals surface area contributed by atoms with Crippen LogP contribution in [0.2, 0.25) is 0 Å². The highest BCUT2D eigenvalue weighted by atomic mass is 19.4. The van der Waals surface area contributed by atoms with Crippen LogP contribution in [0.25, 0.3) is 11.0 Å². The molecule has 2 aromatic heterocycles. The Morgan fingerprint density at radius 1 is 1.35 bits per heavy atom. The van der Waals surface area contributed by atoms with Gasteiger partial charge in [-0.25, -0.2) is 9.78 Å². The number of alkyl halides is 3. The van der Waals surface area contributed by atoms with E-state index in [1.54, 1.807) is 6.92 Å². The van der Waals surface area contributed by atoms with E-state index >= 15 is 0 Å². The van der Waals surface area contributed by atoms with Gasteiger partial charge in [0.05, 0.1) is 12.0 Å². The summed E-state index contributed by atoms with van der Waals surface area (Å²) in [5.74, 6) is -1.53. The van der Waals surface area contributed by atoms with Crippen LogP contribution in [0.5, 0.6) is 5.75 Å². The fraction of sp³-hybridized carbons (Fsp3) is 0.273. The molecule has 0 atom stereocenters. The van der Waals surface area contributed by atoms with Gasteiger partial charge in [0.25, 0.3) is 0 Å². The van der Waals surface area contributed by atoms with Gasteiger partial charge in [-0.05, 0) is 19.1 Å². The third-order valence-corrected chi connectivity index (χ3v) is 2.36. The quantitative estimate of drug-likeness (QED) is 0.849. The van der Waals surface area contributed by atoms with Crippen molar-refractivity contribution in [2.75, 3.05) is 6.61 Å². The van der Waals surface area contributed by atoms with Gasteiger partial charge in [0.15, 0.2) is 11.4 Å². The predicted molar refractivity (Wildman–Crippen MR) is 60.0 cm³/mol. The van der Waals surface area contributed by atoms with Gasteiger partial charge in [0, 0.05) is 0 Å². The number of halogens is 3. The molecule has 0 aliphatic carbocycles. The van der Waals surface area contributed by atoms with Crippen molar-refractivity contribution in [1.82, 2.24) is 15.2 Å². The molecule has 0 fully saturated rings. The lowest BCUT2D eigenvalue weighted by molar-refractivity contribution is -0.141. The lowest BCUT2D eigenvalue weighted by Gasteiger charge is -2.08. The summed E-state index contributed by atoms with van der Waals surface area (Å²) in [6.07, 6.45) is -4.63. The van der Waals surface area contributed by atoms with E-state index in [1.165, 1.54) is 0 Å². The number of hydrogen-bond donors (Lipinski definition) is 1. The summed E-state index contributed by atoms with van der Waals surface area (Å²) in [5.41, 5.74) is -2.05. The second-order valence-corrected chi connectivity index (χ2v) is 3.68. The van der Waals surface area contributed by atoms with Crippen molar-refractivity contribution in [3.05, 3.63) is 23.5 Å². The van der Waals surface area contributed by atoms with Crippen molar-refractivity contribution in [2.24, 2.45) is 0 Å². The molecule has 0 unspecified atom stereocenters. The number of esters is 1. The van der Waals surface area contributed by atoms with E-state index in [9.17, 15) is 23.1 Å². The Balaban J connectivity index is 2.55. The topological polar surface area (TPSA) is 85.2 Å².